The van der Waals surface area contributed by atoms with Crippen molar-refractivity contribution in [2.45, 2.75) is 19.8 Å². The summed E-state index contributed by atoms with van der Waals surface area (Å²) < 4.78 is 13.0. The van der Waals surface area contributed by atoms with E-state index in [9.17, 15) is 4.79 Å². The van der Waals surface area contributed by atoms with Gasteiger partial charge in [0.1, 0.15) is 5.75 Å². The Kier molecular flexibility index (Phi) is 6.48. The summed E-state index contributed by atoms with van der Waals surface area (Å²) in [5, 5.41) is 0. The third-order valence-corrected chi connectivity index (χ3v) is 6.08. The molecule has 0 saturated carbocycles. The molecule has 3 rings (SSSR count). The van der Waals surface area contributed by atoms with Gasteiger partial charge >= 0.3 is 5.97 Å². The van der Waals surface area contributed by atoms with Gasteiger partial charge in [0.2, 0.25) is 5.90 Å². The summed E-state index contributed by atoms with van der Waals surface area (Å²) >= 11 is 5.70. The topological polar surface area (TPSA) is 47.9 Å². The van der Waals surface area contributed by atoms with Gasteiger partial charge in [-0.15, -0.1) is 0 Å². The first-order chi connectivity index (χ1) is 12.6. The molecule has 0 fully saturated rings. The van der Waals surface area contributed by atoms with Gasteiger partial charge < -0.3 is 9.47 Å². The molecule has 0 saturated heterocycles. The van der Waals surface area contributed by atoms with Gasteiger partial charge in [0.05, 0.1) is 6.61 Å². The molecule has 134 valence electrons. The van der Waals surface area contributed by atoms with Crippen LogP contribution < -0.4 is 4.74 Å². The van der Waals surface area contributed by atoms with Crippen molar-refractivity contribution >= 4 is 56.5 Å². The number of carbonyl (C=O) groups excluding carboxylic acids is 1. The van der Waals surface area contributed by atoms with Gasteiger partial charge in [-0.3, -0.25) is 0 Å². The van der Waals surface area contributed by atoms with E-state index in [-0.39, 0.29) is 5.70 Å². The van der Waals surface area contributed by atoms with Gasteiger partial charge in [-0.1, -0.05) is 25.5 Å². The Balaban J connectivity index is 1.76. The quantitative estimate of drug-likeness (QED) is 0.214. The number of unbranched alkanes of at least 4 members (excludes halogenated alkanes) is 1. The van der Waals surface area contributed by atoms with Crippen LogP contribution in [0.3, 0.4) is 0 Å². The zero-order valence-corrected chi connectivity index (χ0v) is 17.9. The molecule has 26 heavy (non-hydrogen) atoms. The number of cyclic esters (lactones) is 1. The molecule has 0 N–H and O–H groups in total. The third-order valence-electron chi connectivity index (χ3n) is 3.74. The van der Waals surface area contributed by atoms with Crippen molar-refractivity contribution in [1.82, 2.24) is 0 Å². The standard InChI is InChI=1S/C20H17BrINO3/c1-2-3-10-25-15-7-4-13(5-8-15)11-18-20(24)26-19(23-18)14-6-9-17(22)16(21)12-14/h4-9,11-12H,2-3,10H2,1H3/b18-11-. The van der Waals surface area contributed by atoms with E-state index >= 15 is 0 Å². The van der Waals surface area contributed by atoms with Crippen molar-refractivity contribution in [2.24, 2.45) is 4.99 Å². The molecule has 0 amide bonds. The molecule has 1 aliphatic rings. The average Bonchev–Trinajstić information content (AvgIpc) is 3.00. The molecule has 0 radical (unpaired) electrons. The minimum absolute atomic E-state index is 0.286. The van der Waals surface area contributed by atoms with Crippen LogP contribution in [0.2, 0.25) is 0 Å². The Hall–Kier alpha value is -1.67. The highest BCUT2D eigenvalue weighted by atomic mass is 127. The van der Waals surface area contributed by atoms with Crippen LogP contribution in [-0.2, 0) is 9.53 Å². The zero-order valence-electron chi connectivity index (χ0n) is 14.2. The first-order valence-electron chi connectivity index (χ1n) is 8.27. The summed E-state index contributed by atoms with van der Waals surface area (Å²) in [5.74, 6) is 0.693. The number of hydrogen-bond acceptors (Lipinski definition) is 4. The van der Waals surface area contributed by atoms with E-state index in [0.29, 0.717) is 12.5 Å². The number of esters is 1. The molecule has 0 aromatic heterocycles. The van der Waals surface area contributed by atoms with Crippen LogP contribution in [0.15, 0.2) is 57.6 Å². The Bertz CT molecular complexity index is 875. The molecule has 6 heteroatoms. The minimum atomic E-state index is -0.446. The van der Waals surface area contributed by atoms with E-state index in [0.717, 1.165) is 37.8 Å². The van der Waals surface area contributed by atoms with Crippen LogP contribution in [0, 0.1) is 3.57 Å². The lowest BCUT2D eigenvalue weighted by atomic mass is 10.2. The number of rotatable bonds is 6. The van der Waals surface area contributed by atoms with Crippen molar-refractivity contribution in [1.29, 1.82) is 0 Å². The summed E-state index contributed by atoms with van der Waals surface area (Å²) in [6.07, 6.45) is 3.85. The number of benzene rings is 2. The number of carbonyl (C=O) groups is 1. The summed E-state index contributed by atoms with van der Waals surface area (Å²) in [4.78, 5) is 16.5. The van der Waals surface area contributed by atoms with E-state index in [2.05, 4.69) is 50.4 Å². The normalized spacial score (nSPS) is 15.1. The fourth-order valence-corrected chi connectivity index (χ4v) is 3.03. The van der Waals surface area contributed by atoms with Crippen LogP contribution >= 0.6 is 38.5 Å². The Morgan fingerprint density at radius 1 is 1.23 bits per heavy atom. The highest BCUT2D eigenvalue weighted by Crippen LogP contribution is 2.24. The molecular formula is C20H17BrINO3. The number of aliphatic imine (C=N–C) groups is 1. The highest BCUT2D eigenvalue weighted by molar-refractivity contribution is 14.1. The van der Waals surface area contributed by atoms with Gasteiger partial charge in [0.15, 0.2) is 5.70 Å². The molecule has 0 spiro atoms. The number of nitrogens with zero attached hydrogens (tertiary/aromatic N) is 1. The molecular weight excluding hydrogens is 509 g/mol. The molecule has 4 nitrogen and oxygen atoms in total. The van der Waals surface area contributed by atoms with Gasteiger partial charge in [0.25, 0.3) is 0 Å². The fourth-order valence-electron chi connectivity index (χ4n) is 2.31. The van der Waals surface area contributed by atoms with Crippen molar-refractivity contribution in [3.8, 4) is 5.75 Å². The minimum Gasteiger partial charge on any atom is -0.494 e. The summed E-state index contributed by atoms with van der Waals surface area (Å²) in [5.41, 5.74) is 1.91. The third kappa shape index (κ3) is 4.73. The summed E-state index contributed by atoms with van der Waals surface area (Å²) in [6.45, 7) is 2.84. The molecule has 2 aromatic carbocycles. The van der Waals surface area contributed by atoms with Crippen molar-refractivity contribution in [2.75, 3.05) is 6.61 Å². The lowest BCUT2D eigenvalue weighted by molar-refractivity contribution is -0.129. The maximum atomic E-state index is 12.1. The first-order valence-corrected chi connectivity index (χ1v) is 10.1. The lowest BCUT2D eigenvalue weighted by Gasteiger charge is -2.05. The maximum Gasteiger partial charge on any atom is 0.363 e. The van der Waals surface area contributed by atoms with Gasteiger partial charge in [-0.2, -0.15) is 0 Å². The smallest absolute Gasteiger partial charge is 0.363 e. The molecule has 1 heterocycles. The van der Waals surface area contributed by atoms with Gasteiger partial charge in [0, 0.05) is 13.6 Å². The van der Waals surface area contributed by atoms with Crippen LogP contribution in [-0.4, -0.2) is 18.5 Å². The van der Waals surface area contributed by atoms with Crippen molar-refractivity contribution < 1.29 is 14.3 Å². The Labute approximate surface area is 174 Å². The largest absolute Gasteiger partial charge is 0.494 e. The fraction of sp³-hybridized carbons (Fsp3) is 0.200. The number of halogens is 2. The van der Waals surface area contributed by atoms with Crippen molar-refractivity contribution in [3.63, 3.8) is 0 Å². The predicted molar refractivity (Wildman–Crippen MR) is 114 cm³/mol. The van der Waals surface area contributed by atoms with Gasteiger partial charge in [-0.25, -0.2) is 9.79 Å². The molecule has 2 aromatic rings. The zero-order chi connectivity index (χ0) is 18.5. The first kappa shape index (κ1) is 19.1. The summed E-state index contributed by atoms with van der Waals surface area (Å²) in [7, 11) is 0. The van der Waals surface area contributed by atoms with Crippen LogP contribution in [0.4, 0.5) is 0 Å². The Morgan fingerprint density at radius 3 is 2.69 bits per heavy atom. The second-order valence-corrected chi connectivity index (χ2v) is 7.75. The highest BCUT2D eigenvalue weighted by Gasteiger charge is 2.24. The predicted octanol–water partition coefficient (Wildman–Crippen LogP) is 5.58. The second-order valence-electron chi connectivity index (χ2n) is 5.74. The number of hydrogen-bond donors (Lipinski definition) is 0. The molecule has 0 unspecified atom stereocenters. The molecule has 0 atom stereocenters. The second kappa shape index (κ2) is 8.81. The van der Waals surface area contributed by atoms with Gasteiger partial charge in [-0.05, 0) is 86.9 Å². The number of ether oxygens (including phenoxy) is 2. The van der Waals surface area contributed by atoms with E-state index in [1.165, 1.54) is 0 Å². The molecule has 0 bridgehead atoms. The van der Waals surface area contributed by atoms with E-state index in [4.69, 9.17) is 9.47 Å². The SMILES string of the molecule is CCCCOc1ccc(/C=C2\N=C(c3ccc(I)c(Br)c3)OC2=O)cc1. The summed E-state index contributed by atoms with van der Waals surface area (Å²) in [6, 6.07) is 13.3. The van der Waals surface area contributed by atoms with E-state index in [1.807, 2.05) is 42.5 Å². The van der Waals surface area contributed by atoms with Crippen LogP contribution in [0.1, 0.15) is 30.9 Å². The average molecular weight is 526 g/mol. The molecule has 0 aliphatic carbocycles. The van der Waals surface area contributed by atoms with Crippen LogP contribution in [0.25, 0.3) is 6.08 Å². The van der Waals surface area contributed by atoms with E-state index < -0.39 is 5.97 Å². The van der Waals surface area contributed by atoms with Crippen LogP contribution in [0.5, 0.6) is 5.75 Å². The molecule has 1 aliphatic heterocycles. The lowest BCUT2D eigenvalue weighted by Crippen LogP contribution is -2.05. The Morgan fingerprint density at radius 2 is 2.00 bits per heavy atom. The monoisotopic (exact) mass is 525 g/mol. The van der Waals surface area contributed by atoms with E-state index in [1.54, 1.807) is 6.08 Å². The van der Waals surface area contributed by atoms with Crippen molar-refractivity contribution in [3.05, 3.63) is 67.3 Å². The maximum absolute atomic E-state index is 12.1.